The highest BCUT2D eigenvalue weighted by Crippen LogP contribution is 2.43. The molecule has 4 N–H and O–H groups in total. The van der Waals surface area contributed by atoms with Crippen LogP contribution in [0.3, 0.4) is 0 Å². The number of aromatic nitrogens is 2. The normalized spacial score (nSPS) is 17.6. The first-order valence-electron chi connectivity index (χ1n) is 7.71. The van der Waals surface area contributed by atoms with Crippen molar-refractivity contribution in [2.75, 3.05) is 6.54 Å². The Bertz CT molecular complexity index is 788. The van der Waals surface area contributed by atoms with E-state index in [4.69, 9.17) is 11.5 Å². The number of fused-ring (bicyclic) bond motifs is 1. The Balaban J connectivity index is 2.27. The highest BCUT2D eigenvalue weighted by molar-refractivity contribution is 7.08. The minimum absolute atomic E-state index is 0.330. The molecule has 1 aliphatic rings. The van der Waals surface area contributed by atoms with Crippen LogP contribution in [0.25, 0.3) is 11.3 Å². The molecule has 1 unspecified atom stereocenters. The van der Waals surface area contributed by atoms with E-state index in [-0.39, 0.29) is 11.5 Å². The standard InChI is InChI=1S/C16H21N5O2S/c1-16(2,3)13-12-10(14(17)22)11(9-4-7-24-8-9)19-21(12)6-5-20(13)15(18)23/h4,7-8,13H,5-6H2,1-3H3,(H2,17,22)(H2,18,23). The van der Waals surface area contributed by atoms with Gasteiger partial charge in [-0.1, -0.05) is 20.8 Å². The van der Waals surface area contributed by atoms with Crippen LogP contribution in [0.5, 0.6) is 0 Å². The first-order valence-corrected chi connectivity index (χ1v) is 8.65. The van der Waals surface area contributed by atoms with Gasteiger partial charge in [0, 0.05) is 17.5 Å². The Morgan fingerprint density at radius 2 is 2.00 bits per heavy atom. The van der Waals surface area contributed by atoms with E-state index in [2.05, 4.69) is 5.10 Å². The summed E-state index contributed by atoms with van der Waals surface area (Å²) < 4.78 is 1.79. The predicted octanol–water partition coefficient (Wildman–Crippen LogP) is 2.19. The molecule has 128 valence electrons. The number of carbonyl (C=O) groups is 2. The van der Waals surface area contributed by atoms with Gasteiger partial charge in [0.15, 0.2) is 0 Å². The second kappa shape index (κ2) is 5.62. The van der Waals surface area contributed by atoms with Crippen molar-refractivity contribution in [2.45, 2.75) is 33.4 Å². The van der Waals surface area contributed by atoms with E-state index in [1.807, 2.05) is 37.6 Å². The topological polar surface area (TPSA) is 107 Å². The van der Waals surface area contributed by atoms with Crippen molar-refractivity contribution in [3.8, 4) is 11.3 Å². The van der Waals surface area contributed by atoms with Gasteiger partial charge in [-0.15, -0.1) is 0 Å². The number of amides is 3. The lowest BCUT2D eigenvalue weighted by Crippen LogP contribution is -2.49. The summed E-state index contributed by atoms with van der Waals surface area (Å²) in [6.45, 7) is 6.95. The summed E-state index contributed by atoms with van der Waals surface area (Å²) >= 11 is 1.53. The molecule has 0 bridgehead atoms. The van der Waals surface area contributed by atoms with E-state index in [9.17, 15) is 9.59 Å². The van der Waals surface area contributed by atoms with Crippen molar-refractivity contribution >= 4 is 23.3 Å². The molecule has 3 amide bonds. The number of rotatable bonds is 2. The fourth-order valence-electron chi connectivity index (χ4n) is 3.36. The maximum absolute atomic E-state index is 12.2. The summed E-state index contributed by atoms with van der Waals surface area (Å²) in [5.74, 6) is -0.543. The smallest absolute Gasteiger partial charge is 0.315 e. The lowest BCUT2D eigenvalue weighted by molar-refractivity contribution is 0.0899. The predicted molar refractivity (Wildman–Crippen MR) is 92.5 cm³/mol. The van der Waals surface area contributed by atoms with Crippen molar-refractivity contribution in [2.24, 2.45) is 16.9 Å². The molecule has 24 heavy (non-hydrogen) atoms. The number of urea groups is 1. The molecule has 3 rings (SSSR count). The maximum atomic E-state index is 12.2. The number of hydrogen-bond donors (Lipinski definition) is 2. The Labute approximate surface area is 144 Å². The van der Waals surface area contributed by atoms with Crippen molar-refractivity contribution in [3.63, 3.8) is 0 Å². The van der Waals surface area contributed by atoms with Crippen LogP contribution in [0.1, 0.15) is 42.9 Å². The van der Waals surface area contributed by atoms with Gasteiger partial charge < -0.3 is 16.4 Å². The first-order chi connectivity index (χ1) is 11.2. The molecule has 0 aliphatic carbocycles. The Morgan fingerprint density at radius 3 is 2.50 bits per heavy atom. The van der Waals surface area contributed by atoms with Gasteiger partial charge in [0.1, 0.15) is 5.69 Å². The summed E-state index contributed by atoms with van der Waals surface area (Å²) in [5, 5.41) is 8.47. The molecule has 7 nitrogen and oxygen atoms in total. The molecule has 8 heteroatoms. The van der Waals surface area contributed by atoms with E-state index in [1.54, 1.807) is 9.58 Å². The van der Waals surface area contributed by atoms with Crippen LogP contribution in [-0.4, -0.2) is 33.2 Å². The Kier molecular flexibility index (Phi) is 3.87. The minimum atomic E-state index is -0.543. The van der Waals surface area contributed by atoms with Gasteiger partial charge in [-0.2, -0.15) is 16.4 Å². The van der Waals surface area contributed by atoms with Crippen LogP contribution in [0, 0.1) is 5.41 Å². The first kappa shape index (κ1) is 16.5. The van der Waals surface area contributed by atoms with Gasteiger partial charge in [-0.3, -0.25) is 9.48 Å². The average molecular weight is 347 g/mol. The number of thiophene rings is 1. The zero-order chi connectivity index (χ0) is 17.6. The SMILES string of the molecule is CC(C)(C)C1c2c(C(N)=O)c(-c3ccsc3)nn2CCN1C(N)=O. The monoisotopic (exact) mass is 347 g/mol. The molecule has 0 aromatic carbocycles. The van der Waals surface area contributed by atoms with Crippen molar-refractivity contribution in [1.82, 2.24) is 14.7 Å². The summed E-state index contributed by atoms with van der Waals surface area (Å²) in [5.41, 5.74) is 13.4. The maximum Gasteiger partial charge on any atom is 0.315 e. The third-order valence-electron chi connectivity index (χ3n) is 4.26. The van der Waals surface area contributed by atoms with E-state index in [0.29, 0.717) is 30.0 Å². The van der Waals surface area contributed by atoms with E-state index < -0.39 is 11.9 Å². The number of hydrogen-bond acceptors (Lipinski definition) is 4. The molecule has 0 saturated heterocycles. The number of nitrogens with zero attached hydrogens (tertiary/aromatic N) is 3. The Hall–Kier alpha value is -2.35. The molecule has 2 aromatic heterocycles. The molecule has 3 heterocycles. The summed E-state index contributed by atoms with van der Waals surface area (Å²) in [4.78, 5) is 25.8. The summed E-state index contributed by atoms with van der Waals surface area (Å²) in [6, 6.07) is 1.03. The molecular formula is C16H21N5O2S. The van der Waals surface area contributed by atoms with E-state index >= 15 is 0 Å². The largest absolute Gasteiger partial charge is 0.365 e. The van der Waals surface area contributed by atoms with Crippen LogP contribution >= 0.6 is 11.3 Å². The van der Waals surface area contributed by atoms with Gasteiger partial charge in [-0.05, 0) is 16.9 Å². The third kappa shape index (κ3) is 2.56. The zero-order valence-corrected chi connectivity index (χ0v) is 14.8. The molecule has 2 aromatic rings. The fourth-order valence-corrected chi connectivity index (χ4v) is 4.00. The summed E-state index contributed by atoms with van der Waals surface area (Å²) in [6.07, 6.45) is 0. The Morgan fingerprint density at radius 1 is 1.29 bits per heavy atom. The van der Waals surface area contributed by atoms with Gasteiger partial charge in [0.25, 0.3) is 5.91 Å². The molecule has 1 aliphatic heterocycles. The molecule has 0 radical (unpaired) electrons. The van der Waals surface area contributed by atoms with Crippen molar-refractivity contribution in [3.05, 3.63) is 28.1 Å². The minimum Gasteiger partial charge on any atom is -0.365 e. The molecule has 0 fully saturated rings. The molecule has 0 saturated carbocycles. The number of nitrogens with two attached hydrogens (primary N) is 2. The molecular weight excluding hydrogens is 326 g/mol. The van der Waals surface area contributed by atoms with Crippen LogP contribution in [0.4, 0.5) is 4.79 Å². The van der Waals surface area contributed by atoms with Gasteiger partial charge >= 0.3 is 6.03 Å². The second-order valence-electron chi connectivity index (χ2n) is 7.01. The van der Waals surface area contributed by atoms with E-state index in [0.717, 1.165) is 5.56 Å². The lowest BCUT2D eigenvalue weighted by atomic mass is 9.81. The average Bonchev–Trinajstić information content (AvgIpc) is 3.11. The number of primary amides is 2. The van der Waals surface area contributed by atoms with Gasteiger partial charge in [0.05, 0.1) is 23.8 Å². The highest BCUT2D eigenvalue weighted by atomic mass is 32.1. The van der Waals surface area contributed by atoms with Crippen LogP contribution in [0.15, 0.2) is 16.8 Å². The van der Waals surface area contributed by atoms with Crippen molar-refractivity contribution < 1.29 is 9.59 Å². The quantitative estimate of drug-likeness (QED) is 0.869. The lowest BCUT2D eigenvalue weighted by Gasteiger charge is -2.42. The van der Waals surface area contributed by atoms with Crippen LogP contribution in [0.2, 0.25) is 0 Å². The summed E-state index contributed by atoms with van der Waals surface area (Å²) in [7, 11) is 0. The number of carbonyl (C=O) groups excluding carboxylic acids is 2. The van der Waals surface area contributed by atoms with Gasteiger partial charge in [0.2, 0.25) is 0 Å². The van der Waals surface area contributed by atoms with Gasteiger partial charge in [-0.25, -0.2) is 4.79 Å². The molecule has 1 atom stereocenters. The second-order valence-corrected chi connectivity index (χ2v) is 7.79. The molecule has 0 spiro atoms. The van der Waals surface area contributed by atoms with Crippen LogP contribution in [-0.2, 0) is 6.54 Å². The fraction of sp³-hybridized carbons (Fsp3) is 0.438. The third-order valence-corrected chi connectivity index (χ3v) is 4.94. The highest BCUT2D eigenvalue weighted by Gasteiger charge is 2.42. The van der Waals surface area contributed by atoms with Crippen LogP contribution < -0.4 is 11.5 Å². The zero-order valence-electron chi connectivity index (χ0n) is 13.9. The van der Waals surface area contributed by atoms with Crippen molar-refractivity contribution in [1.29, 1.82) is 0 Å². The van der Waals surface area contributed by atoms with E-state index in [1.165, 1.54) is 11.3 Å².